The van der Waals surface area contributed by atoms with Crippen molar-refractivity contribution in [3.8, 4) is 11.3 Å². The van der Waals surface area contributed by atoms with E-state index in [1.165, 1.54) is 24.5 Å². The number of benzene rings is 1. The van der Waals surface area contributed by atoms with Crippen molar-refractivity contribution in [1.82, 2.24) is 29.4 Å². The molecule has 4 heterocycles. The first-order valence-electron chi connectivity index (χ1n) is 13.9. The number of hydrogen-bond donors (Lipinski definition) is 1. The molecule has 5 rings (SSSR count). The van der Waals surface area contributed by atoms with Crippen molar-refractivity contribution in [1.29, 1.82) is 0 Å². The molecular weight excluding hydrogens is 496 g/mol. The second kappa shape index (κ2) is 11.3. The van der Waals surface area contributed by atoms with Crippen LogP contribution in [0, 0.1) is 24.5 Å². The molecule has 0 saturated carbocycles. The van der Waals surface area contributed by atoms with E-state index in [4.69, 9.17) is 0 Å². The Bertz CT molecular complexity index is 1440. The molecular formula is C30H37F2N7. The number of pyridine rings is 1. The first-order valence-corrected chi connectivity index (χ1v) is 13.9. The van der Waals surface area contributed by atoms with Gasteiger partial charge in [-0.15, -0.1) is 0 Å². The second-order valence-corrected chi connectivity index (χ2v) is 10.7. The van der Waals surface area contributed by atoms with Crippen molar-refractivity contribution in [2.45, 2.75) is 65.8 Å². The summed E-state index contributed by atoms with van der Waals surface area (Å²) in [6, 6.07) is 7.11. The lowest BCUT2D eigenvalue weighted by atomic mass is 9.79. The van der Waals surface area contributed by atoms with Gasteiger partial charge in [0, 0.05) is 17.8 Å². The lowest BCUT2D eigenvalue weighted by Crippen LogP contribution is -2.35. The first-order chi connectivity index (χ1) is 18.8. The van der Waals surface area contributed by atoms with Gasteiger partial charge < -0.3 is 14.8 Å². The fraction of sp³-hybridized carbons (Fsp3) is 0.467. The number of halogens is 2. The molecule has 1 atom stereocenters. The van der Waals surface area contributed by atoms with Crippen LogP contribution < -0.4 is 5.32 Å². The predicted octanol–water partition coefficient (Wildman–Crippen LogP) is 7.02. The lowest BCUT2D eigenvalue weighted by Gasteiger charge is -2.35. The zero-order valence-electron chi connectivity index (χ0n) is 23.4. The van der Waals surface area contributed by atoms with E-state index >= 15 is 4.39 Å². The molecule has 1 N–H and O–H groups in total. The van der Waals surface area contributed by atoms with Gasteiger partial charge >= 0.3 is 0 Å². The smallest absolute Gasteiger partial charge is 0.229 e. The lowest BCUT2D eigenvalue weighted by molar-refractivity contribution is 0.173. The van der Waals surface area contributed by atoms with Gasteiger partial charge in [0.25, 0.3) is 0 Å². The fourth-order valence-electron chi connectivity index (χ4n) is 6.01. The molecule has 0 spiro atoms. The molecule has 0 radical (unpaired) electrons. The summed E-state index contributed by atoms with van der Waals surface area (Å²) in [6.07, 6.45) is 6.52. The second-order valence-electron chi connectivity index (χ2n) is 10.7. The van der Waals surface area contributed by atoms with Crippen molar-refractivity contribution in [2.24, 2.45) is 5.92 Å². The highest BCUT2D eigenvalue weighted by molar-refractivity contribution is 5.83. The number of nitrogens with zero attached hydrogens (tertiary/aromatic N) is 6. The van der Waals surface area contributed by atoms with E-state index < -0.39 is 11.6 Å². The molecule has 0 aliphatic carbocycles. The van der Waals surface area contributed by atoms with Gasteiger partial charge in [0.1, 0.15) is 22.9 Å². The van der Waals surface area contributed by atoms with Crippen LogP contribution in [0.3, 0.4) is 0 Å². The maximum Gasteiger partial charge on any atom is 0.229 e. The van der Waals surface area contributed by atoms with Crippen molar-refractivity contribution >= 4 is 22.8 Å². The third-order valence-electron chi connectivity index (χ3n) is 8.00. The summed E-state index contributed by atoms with van der Waals surface area (Å²) >= 11 is 0. The minimum Gasteiger partial charge on any atom is -0.326 e. The number of rotatable bonds is 8. The molecule has 39 heavy (non-hydrogen) atoms. The van der Waals surface area contributed by atoms with Crippen LogP contribution in [0.1, 0.15) is 70.3 Å². The number of piperidine rings is 1. The third-order valence-corrected chi connectivity index (χ3v) is 8.00. The van der Waals surface area contributed by atoms with E-state index in [9.17, 15) is 4.39 Å². The van der Waals surface area contributed by atoms with Gasteiger partial charge in [-0.05, 0) is 95.3 Å². The van der Waals surface area contributed by atoms with Crippen LogP contribution >= 0.6 is 0 Å². The maximum atomic E-state index is 15.0. The molecule has 3 aromatic heterocycles. The number of imidazole rings is 1. The quantitative estimate of drug-likeness (QED) is 0.262. The van der Waals surface area contributed by atoms with E-state index in [0.717, 1.165) is 32.3 Å². The zero-order valence-corrected chi connectivity index (χ0v) is 23.4. The zero-order chi connectivity index (χ0) is 27.7. The van der Waals surface area contributed by atoms with Gasteiger partial charge in [0.15, 0.2) is 11.6 Å². The van der Waals surface area contributed by atoms with Crippen molar-refractivity contribution in [3.63, 3.8) is 0 Å². The summed E-state index contributed by atoms with van der Waals surface area (Å²) in [5, 5.41) is 3.09. The normalized spacial score (nSPS) is 15.8. The van der Waals surface area contributed by atoms with Gasteiger partial charge in [0.05, 0.1) is 11.7 Å². The van der Waals surface area contributed by atoms with Crippen LogP contribution in [-0.4, -0.2) is 49.0 Å². The summed E-state index contributed by atoms with van der Waals surface area (Å²) in [7, 11) is 0. The Balaban J connectivity index is 1.38. The van der Waals surface area contributed by atoms with E-state index in [-0.39, 0.29) is 23.2 Å². The van der Waals surface area contributed by atoms with Gasteiger partial charge in [-0.2, -0.15) is 0 Å². The molecule has 1 aliphatic heterocycles. The highest BCUT2D eigenvalue weighted by atomic mass is 19.1. The average Bonchev–Trinajstić information content (AvgIpc) is 3.28. The van der Waals surface area contributed by atoms with Gasteiger partial charge in [0.2, 0.25) is 5.95 Å². The molecule has 206 valence electrons. The van der Waals surface area contributed by atoms with Crippen molar-refractivity contribution in [2.75, 3.05) is 25.0 Å². The van der Waals surface area contributed by atoms with Crippen LogP contribution in [0.2, 0.25) is 0 Å². The monoisotopic (exact) mass is 533 g/mol. The Kier molecular flexibility index (Phi) is 7.88. The molecule has 1 aliphatic rings. The summed E-state index contributed by atoms with van der Waals surface area (Å²) in [5.74, 6) is 1.46. The maximum absolute atomic E-state index is 15.0. The first kappa shape index (κ1) is 27.1. The number of likely N-dealkylation sites (tertiary alicyclic amines) is 1. The van der Waals surface area contributed by atoms with Crippen LogP contribution in [0.25, 0.3) is 22.3 Å². The molecule has 1 aromatic carbocycles. The summed E-state index contributed by atoms with van der Waals surface area (Å²) < 4.78 is 31.8. The predicted molar refractivity (Wildman–Crippen MR) is 151 cm³/mol. The highest BCUT2D eigenvalue weighted by Gasteiger charge is 2.26. The topological polar surface area (TPSA) is 71.8 Å². The van der Waals surface area contributed by atoms with Gasteiger partial charge in [-0.1, -0.05) is 19.9 Å². The average molecular weight is 534 g/mol. The standard InChI is InChI=1S/C30H37F2N7/c1-6-23(20-10-12-38(7-2)13-11-20)21-8-9-27(33-16-21)36-30-34-17-25(32)28(37-30)22-14-24(31)29-26(15-22)39(18(3)4)19(5)35-29/h8-9,14-18,20,23H,6-7,10-13H2,1-5H3,(H,33,34,36,37). The fourth-order valence-corrected chi connectivity index (χ4v) is 6.01. The Morgan fingerprint density at radius 3 is 2.41 bits per heavy atom. The van der Waals surface area contributed by atoms with E-state index in [1.54, 1.807) is 6.07 Å². The molecule has 0 bridgehead atoms. The largest absolute Gasteiger partial charge is 0.326 e. The van der Waals surface area contributed by atoms with Crippen molar-refractivity contribution in [3.05, 3.63) is 59.7 Å². The molecule has 0 amide bonds. The number of nitrogens with one attached hydrogen (secondary N) is 1. The van der Waals surface area contributed by atoms with Crippen LogP contribution in [0.15, 0.2) is 36.7 Å². The summed E-state index contributed by atoms with van der Waals surface area (Å²) in [6.45, 7) is 13.7. The van der Waals surface area contributed by atoms with E-state index in [0.29, 0.717) is 34.6 Å². The van der Waals surface area contributed by atoms with Crippen LogP contribution in [0.5, 0.6) is 0 Å². The number of anilines is 2. The number of aryl methyl sites for hydroxylation is 1. The minimum absolute atomic E-state index is 0.0172. The Labute approximate surface area is 228 Å². The SMILES string of the molecule is CCC(c1ccc(Nc2ncc(F)c(-c3cc(F)c4nc(C)n(C(C)C)c4c3)n2)nc1)C1CCN(CC)CC1. The van der Waals surface area contributed by atoms with E-state index in [2.05, 4.69) is 50.1 Å². The Hall–Kier alpha value is -3.46. The molecule has 9 heteroatoms. The molecule has 1 saturated heterocycles. The number of fused-ring (bicyclic) bond motifs is 1. The minimum atomic E-state index is -0.630. The number of hydrogen-bond acceptors (Lipinski definition) is 6. The number of aromatic nitrogens is 5. The molecule has 4 aromatic rings. The Morgan fingerprint density at radius 2 is 1.77 bits per heavy atom. The summed E-state index contributed by atoms with van der Waals surface area (Å²) in [4.78, 5) is 20.0. The molecule has 7 nitrogen and oxygen atoms in total. The molecule has 1 fully saturated rings. The Morgan fingerprint density at radius 1 is 1.00 bits per heavy atom. The van der Waals surface area contributed by atoms with Crippen LogP contribution in [0.4, 0.5) is 20.5 Å². The third kappa shape index (κ3) is 5.50. The highest BCUT2D eigenvalue weighted by Crippen LogP contribution is 2.35. The van der Waals surface area contributed by atoms with Crippen molar-refractivity contribution < 1.29 is 8.78 Å². The molecule has 1 unspecified atom stereocenters. The van der Waals surface area contributed by atoms with Crippen LogP contribution in [-0.2, 0) is 0 Å². The van der Waals surface area contributed by atoms with Gasteiger partial charge in [-0.25, -0.2) is 28.7 Å². The van der Waals surface area contributed by atoms with Gasteiger partial charge in [-0.3, -0.25) is 0 Å². The summed E-state index contributed by atoms with van der Waals surface area (Å²) in [5.41, 5.74) is 2.45. The van der Waals surface area contributed by atoms with E-state index in [1.807, 2.05) is 37.6 Å².